The number of allylic oxidation sites excluding steroid dienone is 1. The lowest BCUT2D eigenvalue weighted by Crippen LogP contribution is -2.39. The monoisotopic (exact) mass is 440 g/mol. The van der Waals surface area contributed by atoms with Gasteiger partial charge in [0.15, 0.2) is 11.2 Å². The Morgan fingerprint density at radius 3 is 2.74 bits per heavy atom. The maximum atomic E-state index is 13.1. The standard InChI is InChI=1S/C21H17ClN4O5/c1-3-10-25-19(27)17-18(26(21(25)29)15-7-5-4-6-14(15)22)23-12-24(17)11-13-8-9-16(31-13)20(28)30-2/h3-9,12H,1,10-11H2,2H3. The Bertz CT molecular complexity index is 1430. The Morgan fingerprint density at radius 2 is 2.03 bits per heavy atom. The summed E-state index contributed by atoms with van der Waals surface area (Å²) < 4.78 is 14.0. The van der Waals surface area contributed by atoms with Crippen LogP contribution in [0.4, 0.5) is 0 Å². The van der Waals surface area contributed by atoms with Gasteiger partial charge in [-0.15, -0.1) is 6.58 Å². The fraction of sp³-hybridized carbons (Fsp3) is 0.143. The zero-order chi connectivity index (χ0) is 22.1. The molecule has 3 aromatic heterocycles. The number of hydrogen-bond donors (Lipinski definition) is 0. The molecule has 0 unspecified atom stereocenters. The van der Waals surface area contributed by atoms with Crippen molar-refractivity contribution in [1.82, 2.24) is 18.7 Å². The topological polar surface area (TPSA) is 101 Å². The van der Waals surface area contributed by atoms with Gasteiger partial charge in [0, 0.05) is 6.54 Å². The molecule has 4 rings (SSSR count). The number of halogens is 1. The van der Waals surface area contributed by atoms with Crippen LogP contribution in [0, 0.1) is 0 Å². The number of methoxy groups -OCH3 is 1. The second-order valence-corrected chi connectivity index (χ2v) is 6.98. The van der Waals surface area contributed by atoms with Gasteiger partial charge in [-0.2, -0.15) is 0 Å². The van der Waals surface area contributed by atoms with Gasteiger partial charge in [-0.05, 0) is 24.3 Å². The molecule has 3 heterocycles. The molecule has 0 radical (unpaired) electrons. The molecule has 158 valence electrons. The summed E-state index contributed by atoms with van der Waals surface area (Å²) in [4.78, 5) is 42.2. The summed E-state index contributed by atoms with van der Waals surface area (Å²) in [7, 11) is 1.25. The van der Waals surface area contributed by atoms with E-state index in [1.165, 1.54) is 30.1 Å². The highest BCUT2D eigenvalue weighted by molar-refractivity contribution is 6.32. The molecule has 0 aliphatic heterocycles. The number of rotatable bonds is 6. The van der Waals surface area contributed by atoms with Gasteiger partial charge in [0.1, 0.15) is 5.76 Å². The number of fused-ring (bicyclic) bond motifs is 1. The van der Waals surface area contributed by atoms with Crippen molar-refractivity contribution in [2.24, 2.45) is 0 Å². The number of imidazole rings is 1. The maximum Gasteiger partial charge on any atom is 0.373 e. The van der Waals surface area contributed by atoms with Gasteiger partial charge in [0.25, 0.3) is 5.56 Å². The molecule has 31 heavy (non-hydrogen) atoms. The van der Waals surface area contributed by atoms with E-state index in [2.05, 4.69) is 16.3 Å². The van der Waals surface area contributed by atoms with Crippen LogP contribution in [0.15, 0.2) is 69.4 Å². The highest BCUT2D eigenvalue weighted by atomic mass is 35.5. The van der Waals surface area contributed by atoms with Crippen LogP contribution in [-0.4, -0.2) is 31.8 Å². The molecule has 0 bridgehead atoms. The first-order chi connectivity index (χ1) is 15.0. The number of furan rings is 1. The van der Waals surface area contributed by atoms with E-state index in [0.717, 1.165) is 4.57 Å². The zero-order valence-corrected chi connectivity index (χ0v) is 17.2. The highest BCUT2D eigenvalue weighted by Gasteiger charge is 2.21. The van der Waals surface area contributed by atoms with Crippen molar-refractivity contribution in [1.29, 1.82) is 0 Å². The van der Waals surface area contributed by atoms with Crippen molar-refractivity contribution in [3.63, 3.8) is 0 Å². The number of carbonyl (C=O) groups excluding carboxylic acids is 1. The second kappa shape index (κ2) is 8.11. The molecule has 0 spiro atoms. The number of para-hydroxylation sites is 1. The third-order valence-electron chi connectivity index (χ3n) is 4.68. The molecule has 0 aliphatic rings. The van der Waals surface area contributed by atoms with Gasteiger partial charge >= 0.3 is 11.7 Å². The molecule has 10 heteroatoms. The fourth-order valence-electron chi connectivity index (χ4n) is 3.28. The lowest BCUT2D eigenvalue weighted by molar-refractivity contribution is 0.0563. The molecule has 1 aromatic carbocycles. The van der Waals surface area contributed by atoms with Gasteiger partial charge in [-0.1, -0.05) is 29.8 Å². The van der Waals surface area contributed by atoms with Crippen LogP contribution >= 0.6 is 11.6 Å². The predicted octanol–water partition coefficient (Wildman–Crippen LogP) is 2.62. The zero-order valence-electron chi connectivity index (χ0n) is 16.4. The number of nitrogens with zero attached hydrogens (tertiary/aromatic N) is 4. The molecular weight excluding hydrogens is 424 g/mol. The number of carbonyl (C=O) groups is 1. The Labute approximate surface area is 180 Å². The van der Waals surface area contributed by atoms with E-state index in [4.69, 9.17) is 16.0 Å². The first kappa shape index (κ1) is 20.4. The minimum atomic E-state index is -0.609. The normalized spacial score (nSPS) is 11.0. The van der Waals surface area contributed by atoms with Gasteiger partial charge < -0.3 is 13.7 Å². The van der Waals surface area contributed by atoms with E-state index in [-0.39, 0.29) is 30.0 Å². The molecule has 4 aromatic rings. The van der Waals surface area contributed by atoms with Crippen molar-refractivity contribution in [3.8, 4) is 5.69 Å². The summed E-state index contributed by atoms with van der Waals surface area (Å²) in [6.45, 7) is 3.75. The molecule has 0 amide bonds. The maximum absolute atomic E-state index is 13.1. The summed E-state index contributed by atoms with van der Waals surface area (Å²) >= 11 is 6.32. The van der Waals surface area contributed by atoms with Crippen LogP contribution in [0.5, 0.6) is 0 Å². The summed E-state index contributed by atoms with van der Waals surface area (Å²) in [6, 6.07) is 9.87. The fourth-order valence-corrected chi connectivity index (χ4v) is 3.50. The summed E-state index contributed by atoms with van der Waals surface area (Å²) in [5.74, 6) is -0.161. The predicted molar refractivity (Wildman–Crippen MR) is 114 cm³/mol. The average Bonchev–Trinajstić information content (AvgIpc) is 3.40. The number of aromatic nitrogens is 4. The Balaban J connectivity index is 1.94. The molecule has 0 fully saturated rings. The smallest absolute Gasteiger partial charge is 0.373 e. The minimum absolute atomic E-state index is 0.0104. The Kier molecular flexibility index (Phi) is 5.35. The molecule has 0 aliphatic carbocycles. The van der Waals surface area contributed by atoms with E-state index in [1.807, 2.05) is 0 Å². The quantitative estimate of drug-likeness (QED) is 0.337. The molecular formula is C21H17ClN4O5. The number of esters is 1. The third kappa shape index (κ3) is 3.49. The molecule has 0 atom stereocenters. The van der Waals surface area contributed by atoms with E-state index in [9.17, 15) is 14.4 Å². The van der Waals surface area contributed by atoms with Crippen LogP contribution in [0.1, 0.15) is 16.3 Å². The number of hydrogen-bond acceptors (Lipinski definition) is 6. The lowest BCUT2D eigenvalue weighted by Gasteiger charge is -2.12. The van der Waals surface area contributed by atoms with Crippen LogP contribution in [0.3, 0.4) is 0 Å². The highest BCUT2D eigenvalue weighted by Crippen LogP contribution is 2.22. The van der Waals surface area contributed by atoms with Gasteiger partial charge in [-0.3, -0.25) is 9.36 Å². The average molecular weight is 441 g/mol. The van der Waals surface area contributed by atoms with Gasteiger partial charge in [0.05, 0.1) is 30.7 Å². The summed E-state index contributed by atoms with van der Waals surface area (Å²) in [6.07, 6.45) is 2.89. The van der Waals surface area contributed by atoms with E-state index in [0.29, 0.717) is 16.5 Å². The van der Waals surface area contributed by atoms with E-state index in [1.54, 1.807) is 34.9 Å². The van der Waals surface area contributed by atoms with Crippen molar-refractivity contribution in [2.45, 2.75) is 13.1 Å². The second-order valence-electron chi connectivity index (χ2n) is 6.58. The van der Waals surface area contributed by atoms with Crippen molar-refractivity contribution >= 4 is 28.7 Å². The SMILES string of the molecule is C=CCn1c(=O)c2c(ncn2Cc2ccc(C(=O)OC)o2)n(-c2ccccc2Cl)c1=O. The Morgan fingerprint density at radius 1 is 1.26 bits per heavy atom. The van der Waals surface area contributed by atoms with Crippen molar-refractivity contribution in [3.05, 3.63) is 92.8 Å². The summed E-state index contributed by atoms with van der Waals surface area (Å²) in [5, 5.41) is 0.331. The van der Waals surface area contributed by atoms with E-state index < -0.39 is 17.2 Å². The number of ether oxygens (including phenoxy) is 1. The molecule has 0 N–H and O–H groups in total. The third-order valence-corrected chi connectivity index (χ3v) is 5.00. The van der Waals surface area contributed by atoms with Crippen LogP contribution < -0.4 is 11.2 Å². The van der Waals surface area contributed by atoms with Crippen LogP contribution in [-0.2, 0) is 17.8 Å². The Hall–Kier alpha value is -3.85. The van der Waals surface area contributed by atoms with Crippen molar-refractivity contribution < 1.29 is 13.9 Å². The molecule has 9 nitrogen and oxygen atoms in total. The lowest BCUT2D eigenvalue weighted by atomic mass is 10.3. The number of benzene rings is 1. The minimum Gasteiger partial charge on any atom is -0.463 e. The van der Waals surface area contributed by atoms with Gasteiger partial charge in [-0.25, -0.2) is 19.1 Å². The molecule has 0 saturated carbocycles. The van der Waals surface area contributed by atoms with Crippen LogP contribution in [0.25, 0.3) is 16.9 Å². The summed E-state index contributed by atoms with van der Waals surface area (Å²) in [5.41, 5.74) is -0.379. The van der Waals surface area contributed by atoms with Gasteiger partial charge in [0.2, 0.25) is 5.76 Å². The van der Waals surface area contributed by atoms with Crippen LogP contribution in [0.2, 0.25) is 5.02 Å². The first-order valence-corrected chi connectivity index (χ1v) is 9.57. The van der Waals surface area contributed by atoms with Crippen molar-refractivity contribution in [2.75, 3.05) is 7.11 Å². The molecule has 0 saturated heterocycles. The largest absolute Gasteiger partial charge is 0.463 e. The van der Waals surface area contributed by atoms with E-state index >= 15 is 0 Å². The first-order valence-electron chi connectivity index (χ1n) is 9.19.